The molecule has 6 nitrogen and oxygen atoms in total. The zero-order valence-electron chi connectivity index (χ0n) is 15.0. The predicted octanol–water partition coefficient (Wildman–Crippen LogP) is 1.73. The lowest BCUT2D eigenvalue weighted by atomic mass is 10.2. The summed E-state index contributed by atoms with van der Waals surface area (Å²) in [6.45, 7) is 1.72. The molecule has 1 aliphatic rings. The van der Waals surface area contributed by atoms with Crippen molar-refractivity contribution in [3.8, 4) is 0 Å². The minimum absolute atomic E-state index is 0.194. The Morgan fingerprint density at radius 2 is 1.81 bits per heavy atom. The molecule has 0 aliphatic carbocycles. The van der Waals surface area contributed by atoms with Crippen molar-refractivity contribution in [3.63, 3.8) is 0 Å². The number of sulfonamides is 1. The van der Waals surface area contributed by atoms with Gasteiger partial charge in [0, 0.05) is 25.2 Å². The number of carbonyl (C=O) groups excluding carboxylic acids is 1. The fraction of sp³-hybridized carbons (Fsp3) is 0.316. The largest absolute Gasteiger partial charge is 0.351 e. The van der Waals surface area contributed by atoms with Gasteiger partial charge >= 0.3 is 0 Å². The molecule has 1 heterocycles. The molecule has 0 aromatic heterocycles. The van der Waals surface area contributed by atoms with E-state index in [1.165, 1.54) is 16.4 Å². The molecule has 1 aliphatic heterocycles. The lowest BCUT2D eigenvalue weighted by Gasteiger charge is -2.19. The van der Waals surface area contributed by atoms with Gasteiger partial charge in [-0.15, -0.1) is 0 Å². The van der Waals surface area contributed by atoms with E-state index in [0.717, 1.165) is 17.8 Å². The van der Waals surface area contributed by atoms with Gasteiger partial charge in [-0.25, -0.2) is 8.42 Å². The van der Waals surface area contributed by atoms with E-state index in [4.69, 9.17) is 0 Å². The van der Waals surface area contributed by atoms with E-state index in [0.29, 0.717) is 25.1 Å². The third kappa shape index (κ3) is 3.73. The number of hydrogen-bond donors (Lipinski definition) is 1. The second-order valence-corrected chi connectivity index (χ2v) is 8.40. The van der Waals surface area contributed by atoms with E-state index in [2.05, 4.69) is 5.32 Å². The highest BCUT2D eigenvalue weighted by Gasteiger charge is 2.30. The molecule has 2 aromatic rings. The minimum Gasteiger partial charge on any atom is -0.351 e. The molecule has 2 aromatic carbocycles. The SMILES string of the molecule is CN(C)CCNC(=O)c1ccc(S(=O)(=O)N2CCc3ccccc32)cc1. The van der Waals surface area contributed by atoms with Gasteiger partial charge in [-0.3, -0.25) is 9.10 Å². The average molecular weight is 373 g/mol. The van der Waals surface area contributed by atoms with E-state index in [9.17, 15) is 13.2 Å². The van der Waals surface area contributed by atoms with Crippen molar-refractivity contribution >= 4 is 21.6 Å². The highest BCUT2D eigenvalue weighted by atomic mass is 32.2. The fourth-order valence-electron chi connectivity index (χ4n) is 2.96. The van der Waals surface area contributed by atoms with Crippen LogP contribution in [0.3, 0.4) is 0 Å². The topological polar surface area (TPSA) is 69.7 Å². The monoisotopic (exact) mass is 373 g/mol. The van der Waals surface area contributed by atoms with Crippen molar-refractivity contribution in [2.75, 3.05) is 38.0 Å². The fourth-order valence-corrected chi connectivity index (χ4v) is 4.46. The minimum atomic E-state index is -3.63. The van der Waals surface area contributed by atoms with E-state index < -0.39 is 10.0 Å². The Bertz CT molecular complexity index is 893. The smallest absolute Gasteiger partial charge is 0.264 e. The van der Waals surface area contributed by atoms with E-state index >= 15 is 0 Å². The van der Waals surface area contributed by atoms with E-state index in [1.54, 1.807) is 12.1 Å². The molecule has 26 heavy (non-hydrogen) atoms. The number of amides is 1. The van der Waals surface area contributed by atoms with Gasteiger partial charge < -0.3 is 10.2 Å². The summed E-state index contributed by atoms with van der Waals surface area (Å²) >= 11 is 0. The molecule has 0 spiro atoms. The molecule has 0 saturated heterocycles. The van der Waals surface area contributed by atoms with Crippen molar-refractivity contribution in [3.05, 3.63) is 59.7 Å². The number of likely N-dealkylation sites (N-methyl/N-ethyl adjacent to an activating group) is 1. The molecule has 3 rings (SSSR count). The normalized spacial score (nSPS) is 13.7. The highest BCUT2D eigenvalue weighted by Crippen LogP contribution is 2.32. The Morgan fingerprint density at radius 3 is 2.50 bits per heavy atom. The van der Waals surface area contributed by atoms with Crippen LogP contribution in [0.2, 0.25) is 0 Å². The standard InChI is InChI=1S/C19H23N3O3S/c1-21(2)14-12-20-19(23)16-7-9-17(10-8-16)26(24,25)22-13-11-15-5-3-4-6-18(15)22/h3-10H,11-14H2,1-2H3,(H,20,23). The van der Waals surface area contributed by atoms with Crippen LogP contribution in [0.15, 0.2) is 53.4 Å². The Kier molecular flexibility index (Phi) is 5.29. The van der Waals surface area contributed by atoms with Crippen LogP contribution in [0, 0.1) is 0 Å². The Morgan fingerprint density at radius 1 is 1.12 bits per heavy atom. The summed E-state index contributed by atoms with van der Waals surface area (Å²) in [6.07, 6.45) is 0.710. The van der Waals surface area contributed by atoms with Crippen molar-refractivity contribution in [1.82, 2.24) is 10.2 Å². The second-order valence-electron chi connectivity index (χ2n) is 6.54. The maximum Gasteiger partial charge on any atom is 0.264 e. The lowest BCUT2D eigenvalue weighted by Crippen LogP contribution is -2.31. The predicted molar refractivity (Wildman–Crippen MR) is 102 cm³/mol. The van der Waals surface area contributed by atoms with Gasteiger partial charge in [0.15, 0.2) is 0 Å². The zero-order chi connectivity index (χ0) is 18.7. The lowest BCUT2D eigenvalue weighted by molar-refractivity contribution is 0.0951. The molecule has 0 saturated carbocycles. The first-order valence-corrected chi connectivity index (χ1v) is 9.97. The number of anilines is 1. The van der Waals surface area contributed by atoms with Crippen LogP contribution in [-0.2, 0) is 16.4 Å². The summed E-state index contributed by atoms with van der Waals surface area (Å²) in [5, 5.41) is 2.82. The van der Waals surface area contributed by atoms with Crippen molar-refractivity contribution in [2.24, 2.45) is 0 Å². The summed E-state index contributed by atoms with van der Waals surface area (Å²) < 4.78 is 27.3. The number of carbonyl (C=O) groups is 1. The molecule has 0 bridgehead atoms. The van der Waals surface area contributed by atoms with Gasteiger partial charge in [-0.1, -0.05) is 18.2 Å². The summed E-state index contributed by atoms with van der Waals surface area (Å²) in [7, 11) is 0.238. The van der Waals surface area contributed by atoms with Crippen LogP contribution in [0.25, 0.3) is 0 Å². The number of fused-ring (bicyclic) bond motifs is 1. The van der Waals surface area contributed by atoms with Crippen LogP contribution >= 0.6 is 0 Å². The van der Waals surface area contributed by atoms with Crippen molar-refractivity contribution in [1.29, 1.82) is 0 Å². The zero-order valence-corrected chi connectivity index (χ0v) is 15.8. The molecule has 0 atom stereocenters. The molecule has 1 N–H and O–H groups in total. The van der Waals surface area contributed by atoms with Crippen LogP contribution < -0.4 is 9.62 Å². The maximum absolute atomic E-state index is 12.9. The molecule has 0 radical (unpaired) electrons. The van der Waals surface area contributed by atoms with E-state index in [1.807, 2.05) is 43.3 Å². The molecule has 0 unspecified atom stereocenters. The molecule has 138 valence electrons. The molecule has 7 heteroatoms. The Balaban J connectivity index is 1.75. The van der Waals surface area contributed by atoms with E-state index in [-0.39, 0.29) is 10.8 Å². The van der Waals surface area contributed by atoms with Crippen LogP contribution in [0.1, 0.15) is 15.9 Å². The highest BCUT2D eigenvalue weighted by molar-refractivity contribution is 7.92. The number of nitrogens with one attached hydrogen (secondary N) is 1. The Hall–Kier alpha value is -2.38. The summed E-state index contributed by atoms with van der Waals surface area (Å²) in [5.41, 5.74) is 2.22. The van der Waals surface area contributed by atoms with Gasteiger partial charge in [0.1, 0.15) is 0 Å². The molecular weight excluding hydrogens is 350 g/mol. The number of hydrogen-bond acceptors (Lipinski definition) is 4. The maximum atomic E-state index is 12.9. The second kappa shape index (κ2) is 7.47. The first-order valence-electron chi connectivity index (χ1n) is 8.53. The number of benzene rings is 2. The number of nitrogens with zero attached hydrogens (tertiary/aromatic N) is 2. The van der Waals surface area contributed by atoms with Crippen LogP contribution in [0.5, 0.6) is 0 Å². The quantitative estimate of drug-likeness (QED) is 0.837. The van der Waals surface area contributed by atoms with Gasteiger partial charge in [0.25, 0.3) is 15.9 Å². The summed E-state index contributed by atoms with van der Waals surface area (Å²) in [4.78, 5) is 14.3. The van der Waals surface area contributed by atoms with Crippen molar-refractivity contribution in [2.45, 2.75) is 11.3 Å². The first-order chi connectivity index (χ1) is 12.4. The van der Waals surface area contributed by atoms with Gasteiger partial charge in [0.05, 0.1) is 10.6 Å². The third-order valence-electron chi connectivity index (χ3n) is 4.39. The van der Waals surface area contributed by atoms with Crippen LogP contribution in [0.4, 0.5) is 5.69 Å². The molecule has 1 amide bonds. The first kappa shape index (κ1) is 18.4. The average Bonchev–Trinajstić information content (AvgIpc) is 3.06. The number of rotatable bonds is 6. The van der Waals surface area contributed by atoms with Gasteiger partial charge in [0.2, 0.25) is 0 Å². The summed E-state index contributed by atoms with van der Waals surface area (Å²) in [5.74, 6) is -0.206. The Labute approximate surface area is 154 Å². The third-order valence-corrected chi connectivity index (χ3v) is 6.22. The van der Waals surface area contributed by atoms with Crippen molar-refractivity contribution < 1.29 is 13.2 Å². The van der Waals surface area contributed by atoms with Crippen LogP contribution in [-0.4, -0.2) is 53.0 Å². The summed E-state index contributed by atoms with van der Waals surface area (Å²) in [6, 6.07) is 13.6. The molecule has 0 fully saturated rings. The number of para-hydroxylation sites is 1. The van der Waals surface area contributed by atoms with Gasteiger partial charge in [-0.05, 0) is 56.4 Å². The van der Waals surface area contributed by atoms with Gasteiger partial charge in [-0.2, -0.15) is 0 Å². The molecular formula is C19H23N3O3S.